The molecule has 2 aliphatic rings. The van der Waals surface area contributed by atoms with E-state index in [1.165, 1.54) is 24.8 Å². The minimum Gasteiger partial charge on any atom is -0.481 e. The quantitative estimate of drug-likeness (QED) is 0.202. The van der Waals surface area contributed by atoms with Gasteiger partial charge < -0.3 is 15.7 Å². The maximum Gasteiger partial charge on any atom is 0.326 e. The third-order valence-electron chi connectivity index (χ3n) is 8.47. The highest BCUT2D eigenvalue weighted by Gasteiger charge is 2.32. The first-order chi connectivity index (χ1) is 21.6. The summed E-state index contributed by atoms with van der Waals surface area (Å²) < 4.78 is 0. The molecule has 10 heteroatoms. The molecule has 0 spiro atoms. The number of hydrogen-bond donors (Lipinski definition) is 4. The molecule has 1 aliphatic carbocycles. The number of anilines is 2. The number of imide groups is 1. The van der Waals surface area contributed by atoms with E-state index in [1.807, 2.05) is 26.0 Å². The largest absolute Gasteiger partial charge is 0.481 e. The van der Waals surface area contributed by atoms with E-state index >= 15 is 0 Å². The zero-order valence-corrected chi connectivity index (χ0v) is 25.5. The number of carbonyl (C=O) groups excluding carboxylic acids is 4. The number of aliphatic carboxylic acids is 1. The molecular weight excluding hydrogens is 572 g/mol. The lowest BCUT2D eigenvalue weighted by atomic mass is 9.84. The van der Waals surface area contributed by atoms with Crippen molar-refractivity contribution in [3.8, 4) is 0 Å². The van der Waals surface area contributed by atoms with E-state index in [-0.39, 0.29) is 36.9 Å². The Kier molecular flexibility index (Phi) is 9.61. The molecule has 234 valence electrons. The molecule has 1 fully saturated rings. The highest BCUT2D eigenvalue weighted by Crippen LogP contribution is 2.35. The van der Waals surface area contributed by atoms with Gasteiger partial charge in [-0.25, -0.2) is 4.79 Å². The van der Waals surface area contributed by atoms with Crippen molar-refractivity contribution in [2.75, 3.05) is 16.8 Å². The second kappa shape index (κ2) is 13.8. The Morgan fingerprint density at radius 1 is 0.911 bits per heavy atom. The summed E-state index contributed by atoms with van der Waals surface area (Å²) >= 11 is 0. The number of carboxylic acid groups (broad SMARTS) is 1. The summed E-state index contributed by atoms with van der Waals surface area (Å²) in [5, 5.41) is 16.7. The first kappa shape index (κ1) is 31.4. The molecule has 1 aliphatic heterocycles. The van der Waals surface area contributed by atoms with Crippen LogP contribution in [0.15, 0.2) is 60.7 Å². The summed E-state index contributed by atoms with van der Waals surface area (Å²) in [5.74, 6) is -1.93. The van der Waals surface area contributed by atoms with Crippen LogP contribution >= 0.6 is 0 Å². The molecule has 3 aromatic carbocycles. The van der Waals surface area contributed by atoms with Crippen molar-refractivity contribution in [3.63, 3.8) is 0 Å². The van der Waals surface area contributed by atoms with Crippen LogP contribution in [0.3, 0.4) is 0 Å². The lowest BCUT2D eigenvalue weighted by Crippen LogP contribution is -2.35. The highest BCUT2D eigenvalue weighted by atomic mass is 16.4. The number of hydrogen-bond acceptors (Lipinski definition) is 5. The van der Waals surface area contributed by atoms with E-state index in [1.54, 1.807) is 41.3 Å². The summed E-state index contributed by atoms with van der Waals surface area (Å²) in [7, 11) is 0. The minimum atomic E-state index is -0.993. The fraction of sp³-hybridized carbons (Fsp3) is 0.343. The smallest absolute Gasteiger partial charge is 0.326 e. The van der Waals surface area contributed by atoms with Crippen molar-refractivity contribution in [3.05, 3.63) is 94.0 Å². The number of nitrogens with one attached hydrogen (secondary N) is 3. The predicted octanol–water partition coefficient (Wildman–Crippen LogP) is 6.18. The maximum absolute atomic E-state index is 14.0. The molecule has 4 N–H and O–H groups in total. The van der Waals surface area contributed by atoms with Gasteiger partial charge in [-0.2, -0.15) is 0 Å². The number of rotatable bonds is 10. The van der Waals surface area contributed by atoms with E-state index in [0.717, 1.165) is 18.4 Å². The Morgan fingerprint density at radius 2 is 1.60 bits per heavy atom. The summed E-state index contributed by atoms with van der Waals surface area (Å²) in [4.78, 5) is 63.8. The van der Waals surface area contributed by atoms with Gasteiger partial charge in [0.25, 0.3) is 17.7 Å². The van der Waals surface area contributed by atoms with Crippen molar-refractivity contribution in [1.29, 1.82) is 0 Å². The van der Waals surface area contributed by atoms with Crippen molar-refractivity contribution >= 4 is 41.1 Å². The molecule has 0 atom stereocenters. The lowest BCUT2D eigenvalue weighted by molar-refractivity contribution is -0.136. The SMILES string of the molecule is CC(C)c1c(NC(=O)N(Cc2ccc(C(=O)NCCC(=O)O)cc2)c2ccc(C3CCCCC3)cc2)ccc2c1C(=O)NC2=O. The molecular formula is C35H38N4O6. The zero-order valence-electron chi connectivity index (χ0n) is 25.5. The first-order valence-corrected chi connectivity index (χ1v) is 15.4. The molecule has 45 heavy (non-hydrogen) atoms. The zero-order chi connectivity index (χ0) is 32.1. The fourth-order valence-electron chi connectivity index (χ4n) is 6.15. The van der Waals surface area contributed by atoms with Crippen LogP contribution in [0, 0.1) is 0 Å². The number of benzene rings is 3. The lowest BCUT2D eigenvalue weighted by Gasteiger charge is -2.26. The Morgan fingerprint density at radius 3 is 2.24 bits per heavy atom. The monoisotopic (exact) mass is 610 g/mol. The topological polar surface area (TPSA) is 145 Å². The summed E-state index contributed by atoms with van der Waals surface area (Å²) in [6.45, 7) is 4.03. The molecule has 0 bridgehead atoms. The van der Waals surface area contributed by atoms with E-state index < -0.39 is 23.8 Å². The van der Waals surface area contributed by atoms with E-state index in [0.29, 0.717) is 34.0 Å². The summed E-state index contributed by atoms with van der Waals surface area (Å²) in [6.07, 6.45) is 5.85. The van der Waals surface area contributed by atoms with E-state index in [2.05, 4.69) is 28.1 Å². The Balaban J connectivity index is 1.41. The Bertz CT molecular complexity index is 1610. The van der Waals surface area contributed by atoms with Gasteiger partial charge in [-0.3, -0.25) is 29.4 Å². The Labute approximate surface area is 262 Å². The molecule has 0 radical (unpaired) electrons. The van der Waals surface area contributed by atoms with E-state index in [4.69, 9.17) is 5.11 Å². The van der Waals surface area contributed by atoms with E-state index in [9.17, 15) is 24.0 Å². The van der Waals surface area contributed by atoms with Crippen molar-refractivity contribution in [1.82, 2.24) is 10.6 Å². The number of amides is 5. The molecule has 1 heterocycles. The van der Waals surface area contributed by atoms with Crippen LogP contribution in [0.1, 0.15) is 112 Å². The van der Waals surface area contributed by atoms with Crippen LogP contribution in [0.4, 0.5) is 16.2 Å². The highest BCUT2D eigenvalue weighted by molar-refractivity contribution is 6.23. The van der Waals surface area contributed by atoms with Crippen LogP contribution in [0.5, 0.6) is 0 Å². The molecule has 0 aromatic heterocycles. The third kappa shape index (κ3) is 7.22. The molecule has 5 amide bonds. The Hall–Kier alpha value is -4.99. The van der Waals surface area contributed by atoms with Gasteiger partial charge in [0.15, 0.2) is 0 Å². The van der Waals surface area contributed by atoms with Crippen LogP contribution in [-0.2, 0) is 11.3 Å². The van der Waals surface area contributed by atoms with Gasteiger partial charge in [-0.05, 0) is 77.8 Å². The predicted molar refractivity (Wildman–Crippen MR) is 171 cm³/mol. The normalized spacial score (nSPS) is 14.6. The second-order valence-corrected chi connectivity index (χ2v) is 11.9. The van der Waals surface area contributed by atoms with Crippen LogP contribution in [-0.4, -0.2) is 41.4 Å². The van der Waals surface area contributed by atoms with Gasteiger partial charge in [0.2, 0.25) is 0 Å². The van der Waals surface area contributed by atoms with Gasteiger partial charge >= 0.3 is 12.0 Å². The molecule has 10 nitrogen and oxygen atoms in total. The number of fused-ring (bicyclic) bond motifs is 1. The number of nitrogens with zero attached hydrogens (tertiary/aromatic N) is 1. The molecule has 0 unspecified atom stereocenters. The number of carbonyl (C=O) groups is 5. The van der Waals surface area contributed by atoms with Gasteiger partial charge in [0.1, 0.15) is 0 Å². The molecule has 3 aromatic rings. The fourth-order valence-corrected chi connectivity index (χ4v) is 6.15. The molecule has 5 rings (SSSR count). The van der Waals surface area contributed by atoms with Crippen LogP contribution in [0.2, 0.25) is 0 Å². The number of urea groups is 1. The summed E-state index contributed by atoms with van der Waals surface area (Å²) in [5.41, 5.74) is 4.72. The summed E-state index contributed by atoms with van der Waals surface area (Å²) in [6, 6.07) is 17.7. The van der Waals surface area contributed by atoms with Crippen molar-refractivity contribution in [2.24, 2.45) is 0 Å². The van der Waals surface area contributed by atoms with Crippen molar-refractivity contribution < 1.29 is 29.1 Å². The number of carboxylic acids is 1. The van der Waals surface area contributed by atoms with Crippen molar-refractivity contribution in [2.45, 2.75) is 70.8 Å². The standard InChI is InChI=1S/C35H38N4O6/c1-21(2)30-28(17-16-27-31(30)34(44)38-33(27)43)37-35(45)39(26-14-12-24(13-15-26)23-6-4-3-5-7-23)20-22-8-10-25(11-9-22)32(42)36-19-18-29(40)41/h8-17,21,23H,3-7,18-20H2,1-2H3,(H,36,42)(H,37,45)(H,40,41)(H,38,43,44). The van der Waals surface area contributed by atoms with Gasteiger partial charge in [0.05, 0.1) is 24.1 Å². The van der Waals surface area contributed by atoms with Gasteiger partial charge in [-0.15, -0.1) is 0 Å². The van der Waals surface area contributed by atoms with Crippen LogP contribution < -0.4 is 20.9 Å². The van der Waals surface area contributed by atoms with Gasteiger partial charge in [-0.1, -0.05) is 57.4 Å². The van der Waals surface area contributed by atoms with Crippen LogP contribution in [0.25, 0.3) is 0 Å². The molecule has 0 saturated heterocycles. The second-order valence-electron chi connectivity index (χ2n) is 11.9. The molecule has 1 saturated carbocycles. The third-order valence-corrected chi connectivity index (χ3v) is 8.47. The average molecular weight is 611 g/mol. The first-order valence-electron chi connectivity index (χ1n) is 15.4. The maximum atomic E-state index is 14.0. The minimum absolute atomic E-state index is 0.0254. The van der Waals surface area contributed by atoms with Gasteiger partial charge in [0, 0.05) is 23.5 Å². The average Bonchev–Trinajstić information content (AvgIpc) is 3.32.